The van der Waals surface area contributed by atoms with Gasteiger partial charge < -0.3 is 59.7 Å². The van der Waals surface area contributed by atoms with Crippen molar-refractivity contribution in [2.75, 3.05) is 129 Å². The molecule has 0 radical (unpaired) electrons. The van der Waals surface area contributed by atoms with Gasteiger partial charge in [0.1, 0.15) is 62.3 Å². The van der Waals surface area contributed by atoms with Crippen molar-refractivity contribution in [3.05, 3.63) is 213 Å². The minimum atomic E-state index is -4.67. The van der Waals surface area contributed by atoms with Gasteiger partial charge in [0.25, 0.3) is 17.7 Å². The van der Waals surface area contributed by atoms with Gasteiger partial charge in [0, 0.05) is 105 Å². The van der Waals surface area contributed by atoms with E-state index in [1.807, 2.05) is 117 Å². The molecule has 0 spiro atoms. The lowest BCUT2D eigenvalue weighted by Crippen LogP contribution is -2.39. The molecule has 6 aromatic heterocycles. The first-order chi connectivity index (χ1) is 62.7. The Morgan fingerprint density at radius 1 is 0.439 bits per heavy atom. The number of amides is 5. The fraction of sp³-hybridized carbons (Fsp3) is 0.392. The molecular formula is C97H101ClF9N15O10. The highest BCUT2D eigenvalue weighted by Gasteiger charge is 2.38. The largest absolute Gasteiger partial charge is 0.444 e. The lowest BCUT2D eigenvalue weighted by Gasteiger charge is -2.28. The van der Waals surface area contributed by atoms with Crippen molar-refractivity contribution in [1.82, 2.24) is 45.0 Å². The zero-order valence-electron chi connectivity index (χ0n) is 74.3. The van der Waals surface area contributed by atoms with Crippen LogP contribution in [0, 0.1) is 56.8 Å². The second-order valence-corrected chi connectivity index (χ2v) is 34.2. The van der Waals surface area contributed by atoms with Gasteiger partial charge in [0.2, 0.25) is 0 Å². The van der Waals surface area contributed by atoms with Gasteiger partial charge >= 0.3 is 30.7 Å². The number of rotatable bonds is 12. The van der Waals surface area contributed by atoms with Crippen LogP contribution in [0.5, 0.6) is 0 Å². The standard InChI is InChI=1S/C34H36F3N5O4.C29H28F3N5O2.C23H20ClF3N4O2.C11H17NO2/c1-22-7-8-26(40-31(43)23-11-12-38-29(19-23)34(35,36)37)21-28(22)24-18-25(39-30(20-24)41-14-16-45-17-15-41)9-10-27-6-5-13-42(27)32(44)46-33(2,3)4;1-19-4-5-24(36-28(38)20-8-10-34-26(16-20)29(30,31)32)18-25(19)21-15-23(7-6-22-3-2-9-33-22)35-27(17-21)37-11-13-39-14-12-37;1-14-2-3-17(29-22(32)15-4-5-28-19(10-15)23(25,26)27)13-18(14)16-11-20(24)30-21(12-16)31-6-8-33-9-7-31;1-5-9-7-6-8-12(9)10(13)14-11(2,3)4/h7-8,11-12,18-21,27H,5-6,13-17H2,1-4H3,(H,40,43);4-5,8,10,15-18,22,33H,2-3,9,11-14H2,1H3,(H,36,38);2-5,10-13H,6-9H2,1H3,(H,29,32);1,9H,6-8H2,2-4H3/t27-;22-;;9-/m11.0/s1. The fourth-order valence-electron chi connectivity index (χ4n) is 14.9. The van der Waals surface area contributed by atoms with Crippen molar-refractivity contribution in [2.45, 2.75) is 149 Å². The van der Waals surface area contributed by atoms with Crippen LogP contribution in [0.4, 0.5) is 83.6 Å². The van der Waals surface area contributed by atoms with Crippen LogP contribution in [-0.2, 0) is 42.2 Å². The number of terminal acetylenes is 1. The number of hydrogen-bond donors (Lipinski definition) is 4. The van der Waals surface area contributed by atoms with Gasteiger partial charge in [-0.3, -0.25) is 39.1 Å². The number of anilines is 6. The quantitative estimate of drug-likeness (QED) is 0.0503. The van der Waals surface area contributed by atoms with Gasteiger partial charge in [0.05, 0.1) is 57.8 Å². The summed E-state index contributed by atoms with van der Waals surface area (Å²) in [4.78, 5) is 96.4. The van der Waals surface area contributed by atoms with Crippen molar-refractivity contribution in [2.24, 2.45) is 0 Å². The van der Waals surface area contributed by atoms with E-state index in [0.717, 1.165) is 144 Å². The molecule has 6 fully saturated rings. The van der Waals surface area contributed by atoms with E-state index in [-0.39, 0.29) is 40.9 Å². The van der Waals surface area contributed by atoms with E-state index in [0.29, 0.717) is 131 Å². The minimum Gasteiger partial charge on any atom is -0.444 e. The summed E-state index contributed by atoms with van der Waals surface area (Å²) in [7, 11) is 0. The van der Waals surface area contributed by atoms with E-state index in [9.17, 15) is 63.5 Å². The maximum atomic E-state index is 13.2. The highest BCUT2D eigenvalue weighted by molar-refractivity contribution is 6.29. The number of likely N-dealkylation sites (tertiary alicyclic amines) is 2. The number of ether oxygens (including phenoxy) is 5. The number of alkyl halides is 9. The van der Waals surface area contributed by atoms with E-state index >= 15 is 0 Å². The van der Waals surface area contributed by atoms with E-state index < -0.39 is 70.6 Å². The molecule has 0 bridgehead atoms. The van der Waals surface area contributed by atoms with Crippen LogP contribution in [0.15, 0.2) is 146 Å². The molecule has 0 saturated carbocycles. The molecule has 9 aromatic rings. The number of pyridine rings is 6. The summed E-state index contributed by atoms with van der Waals surface area (Å²) in [6.45, 7) is 26.8. The number of hydrogen-bond acceptors (Lipinski definition) is 20. The van der Waals surface area contributed by atoms with E-state index in [2.05, 4.69) is 85.5 Å². The van der Waals surface area contributed by atoms with Gasteiger partial charge in [-0.15, -0.1) is 6.42 Å². The van der Waals surface area contributed by atoms with Gasteiger partial charge in [-0.2, -0.15) is 39.5 Å². The Morgan fingerprint density at radius 3 is 1.14 bits per heavy atom. The number of halogens is 10. The van der Waals surface area contributed by atoms with Gasteiger partial charge in [-0.05, 0) is 278 Å². The molecule has 15 rings (SSSR count). The van der Waals surface area contributed by atoms with Crippen molar-refractivity contribution < 1.29 is 87.2 Å². The van der Waals surface area contributed by atoms with Crippen molar-refractivity contribution >= 4 is 76.0 Å². The summed E-state index contributed by atoms with van der Waals surface area (Å²) in [5.74, 6) is 15.8. The Kier molecular flexibility index (Phi) is 32.3. The molecule has 3 atom stereocenters. The summed E-state index contributed by atoms with van der Waals surface area (Å²) in [5, 5.41) is 11.8. The zero-order valence-corrected chi connectivity index (χ0v) is 75.1. The van der Waals surface area contributed by atoms with Crippen LogP contribution >= 0.6 is 11.6 Å². The first-order valence-corrected chi connectivity index (χ1v) is 43.3. The molecule has 6 saturated heterocycles. The number of nitrogens with zero attached hydrogens (tertiary/aromatic N) is 11. The molecule has 5 amide bonds. The molecule has 4 N–H and O–H groups in total. The Hall–Kier alpha value is -12.9. The molecule has 6 aliphatic rings. The smallest absolute Gasteiger partial charge is 0.433 e. The number of nitrogens with one attached hydrogen (secondary N) is 4. The molecule has 3 aromatic carbocycles. The maximum absolute atomic E-state index is 13.2. The summed E-state index contributed by atoms with van der Waals surface area (Å²) in [6.07, 6.45) is -0.894. The number of morpholine rings is 3. The van der Waals surface area contributed by atoms with E-state index in [4.69, 9.17) is 51.7 Å². The molecule has 132 heavy (non-hydrogen) atoms. The lowest BCUT2D eigenvalue weighted by molar-refractivity contribution is -0.142. The number of aryl methyl sites for hydroxylation is 3. The third-order valence-electron chi connectivity index (χ3n) is 21.5. The second kappa shape index (κ2) is 43.4. The highest BCUT2D eigenvalue weighted by atomic mass is 35.5. The molecule has 6 aliphatic heterocycles. The second-order valence-electron chi connectivity index (χ2n) is 33.8. The van der Waals surface area contributed by atoms with E-state index in [1.165, 1.54) is 18.2 Å². The fourth-order valence-corrected chi connectivity index (χ4v) is 15.1. The molecular weight excluding hydrogens is 1740 g/mol. The van der Waals surface area contributed by atoms with Crippen LogP contribution in [0.1, 0.15) is 156 Å². The monoisotopic (exact) mass is 1840 g/mol. The normalized spacial score (nSPS) is 16.9. The van der Waals surface area contributed by atoms with Gasteiger partial charge in [0.15, 0.2) is 0 Å². The van der Waals surface area contributed by atoms with Crippen LogP contribution in [0.2, 0.25) is 5.15 Å². The topological polar surface area (TPSA) is 273 Å². The molecule has 25 nitrogen and oxygen atoms in total. The van der Waals surface area contributed by atoms with E-state index in [1.54, 1.807) is 46.2 Å². The maximum Gasteiger partial charge on any atom is 0.433 e. The van der Waals surface area contributed by atoms with Crippen molar-refractivity contribution in [3.63, 3.8) is 0 Å². The Labute approximate surface area is 764 Å². The third kappa shape index (κ3) is 27.6. The summed E-state index contributed by atoms with van der Waals surface area (Å²) >= 11 is 6.29. The zero-order chi connectivity index (χ0) is 94.8. The van der Waals surface area contributed by atoms with Gasteiger partial charge in [-0.25, -0.2) is 24.5 Å². The molecule has 12 heterocycles. The SMILES string of the molecule is C#C[C@H]1CCCN1C(=O)OC(C)(C)C.Cc1ccc(NC(=O)c2ccnc(C(F)(F)F)c2)cc1-c1cc(C#C[C@H]2CCCN2)nc(N2CCOCC2)c1.Cc1ccc(NC(=O)c2ccnc(C(F)(F)F)c2)cc1-c1cc(C#C[C@H]2CCCN2C(=O)OC(C)(C)C)nc(N2CCOCC2)c1.Cc1ccc(NC(=O)c2ccnc(C(F)(F)F)c2)cc1-c1cc(Cl)nc(N2CCOCC2)c1. The van der Waals surface area contributed by atoms with Crippen LogP contribution in [0.25, 0.3) is 33.4 Å². The minimum absolute atomic E-state index is 0.0788. The average Bonchev–Trinajstić information content (AvgIpc) is 1.09. The molecule has 0 aliphatic carbocycles. The first kappa shape index (κ1) is 98.1. The van der Waals surface area contributed by atoms with Crippen LogP contribution < -0.4 is 36.0 Å². The summed E-state index contributed by atoms with van der Waals surface area (Å²) in [6, 6.07) is 33.0. The molecule has 694 valence electrons. The number of aromatic nitrogens is 6. The van der Waals surface area contributed by atoms with Crippen LogP contribution in [-0.4, -0.2) is 197 Å². The summed E-state index contributed by atoms with van der Waals surface area (Å²) in [5.41, 5.74) is 5.37. The number of carbonyl (C=O) groups is 5. The Bertz CT molecular complexity index is 5830. The van der Waals surface area contributed by atoms with Gasteiger partial charge in [-0.1, -0.05) is 47.6 Å². The Morgan fingerprint density at radius 2 is 0.788 bits per heavy atom. The molecule has 0 unspecified atom stereocenters. The lowest BCUT2D eigenvalue weighted by atomic mass is 9.99. The first-order valence-electron chi connectivity index (χ1n) is 43.0. The number of benzene rings is 3. The average molecular weight is 1840 g/mol. The third-order valence-corrected chi connectivity index (χ3v) is 21.7. The summed E-state index contributed by atoms with van der Waals surface area (Å²) < 4.78 is 145. The molecule has 35 heteroatoms. The van der Waals surface area contributed by atoms with Crippen molar-refractivity contribution in [3.8, 4) is 69.4 Å². The predicted octanol–water partition coefficient (Wildman–Crippen LogP) is 18.2. The Balaban J connectivity index is 0.000000168. The van der Waals surface area contributed by atoms with Crippen LogP contribution in [0.3, 0.4) is 0 Å². The van der Waals surface area contributed by atoms with Crippen molar-refractivity contribution in [1.29, 1.82) is 0 Å². The highest BCUT2D eigenvalue weighted by Crippen LogP contribution is 2.38. The predicted molar refractivity (Wildman–Crippen MR) is 484 cm³/mol. The number of carbonyl (C=O) groups excluding carboxylic acids is 5.